The zero-order chi connectivity index (χ0) is 13.1. The molecule has 0 amide bonds. The van der Waals surface area contributed by atoms with Gasteiger partial charge in [0.1, 0.15) is 0 Å². The standard InChI is InChI=1S/C14H20ClNOS/c1-10(9-18(2)17)16-12-7-11(8-12)13-5-3-4-6-14(13)15/h3-6,10-12,16H,7-9H2,1-2H3. The molecule has 2 unspecified atom stereocenters. The quantitative estimate of drug-likeness (QED) is 0.901. The molecule has 0 spiro atoms. The first kappa shape index (κ1) is 14.0. The van der Waals surface area contributed by atoms with Crippen LogP contribution in [0.4, 0.5) is 0 Å². The largest absolute Gasteiger partial charge is 0.311 e. The van der Waals surface area contributed by atoms with Crippen LogP contribution in [0.15, 0.2) is 24.3 Å². The summed E-state index contributed by atoms with van der Waals surface area (Å²) in [5.41, 5.74) is 1.27. The van der Waals surface area contributed by atoms with E-state index in [2.05, 4.69) is 18.3 Å². The second kappa shape index (κ2) is 6.18. The monoisotopic (exact) mass is 285 g/mol. The molecule has 0 saturated heterocycles. The first-order chi connectivity index (χ1) is 8.56. The SMILES string of the molecule is CC(CS(C)=O)NC1CC(c2ccccc2Cl)C1. The Labute approximate surface area is 117 Å². The van der Waals surface area contributed by atoms with Crippen molar-refractivity contribution >= 4 is 22.4 Å². The van der Waals surface area contributed by atoms with E-state index in [-0.39, 0.29) is 0 Å². The molecule has 1 aliphatic carbocycles. The highest BCUT2D eigenvalue weighted by atomic mass is 35.5. The van der Waals surface area contributed by atoms with Crippen molar-refractivity contribution in [2.75, 3.05) is 12.0 Å². The molecule has 4 heteroatoms. The Morgan fingerprint density at radius 3 is 2.72 bits per heavy atom. The van der Waals surface area contributed by atoms with Gasteiger partial charge in [0.05, 0.1) is 0 Å². The Morgan fingerprint density at radius 2 is 2.11 bits per heavy atom. The maximum absolute atomic E-state index is 11.1. The van der Waals surface area contributed by atoms with Crippen LogP contribution in [0.2, 0.25) is 5.02 Å². The van der Waals surface area contributed by atoms with Crippen molar-refractivity contribution in [3.05, 3.63) is 34.9 Å². The summed E-state index contributed by atoms with van der Waals surface area (Å²) in [6.07, 6.45) is 4.01. The van der Waals surface area contributed by atoms with Crippen molar-refractivity contribution in [3.8, 4) is 0 Å². The van der Waals surface area contributed by atoms with Crippen molar-refractivity contribution in [1.82, 2.24) is 5.32 Å². The molecule has 0 aromatic heterocycles. The minimum Gasteiger partial charge on any atom is -0.311 e. The Hall–Kier alpha value is -0.380. The van der Waals surface area contributed by atoms with E-state index < -0.39 is 10.8 Å². The average molecular weight is 286 g/mol. The van der Waals surface area contributed by atoms with Crippen LogP contribution in [0.5, 0.6) is 0 Å². The van der Waals surface area contributed by atoms with Gasteiger partial charge in [-0.05, 0) is 37.3 Å². The van der Waals surface area contributed by atoms with Gasteiger partial charge in [-0.15, -0.1) is 0 Å². The lowest BCUT2D eigenvalue weighted by Gasteiger charge is -2.38. The molecule has 1 saturated carbocycles. The van der Waals surface area contributed by atoms with Crippen molar-refractivity contribution in [2.45, 2.75) is 37.8 Å². The maximum atomic E-state index is 11.1. The summed E-state index contributed by atoms with van der Waals surface area (Å²) in [7, 11) is -0.722. The summed E-state index contributed by atoms with van der Waals surface area (Å²) < 4.78 is 11.1. The summed E-state index contributed by atoms with van der Waals surface area (Å²) in [6.45, 7) is 2.10. The molecule has 0 bridgehead atoms. The highest BCUT2D eigenvalue weighted by molar-refractivity contribution is 7.84. The molecule has 1 fully saturated rings. The zero-order valence-electron chi connectivity index (χ0n) is 10.9. The number of nitrogens with one attached hydrogen (secondary N) is 1. The topological polar surface area (TPSA) is 29.1 Å². The van der Waals surface area contributed by atoms with Crippen LogP contribution in [0.3, 0.4) is 0 Å². The van der Waals surface area contributed by atoms with Crippen LogP contribution in [0, 0.1) is 0 Å². The van der Waals surface area contributed by atoms with E-state index in [1.54, 1.807) is 6.26 Å². The number of halogens is 1. The van der Waals surface area contributed by atoms with Gasteiger partial charge in [0.2, 0.25) is 0 Å². The molecule has 100 valence electrons. The van der Waals surface area contributed by atoms with Gasteiger partial charge in [-0.3, -0.25) is 4.21 Å². The van der Waals surface area contributed by atoms with Gasteiger partial charge < -0.3 is 5.32 Å². The van der Waals surface area contributed by atoms with E-state index in [9.17, 15) is 4.21 Å². The summed E-state index contributed by atoms with van der Waals surface area (Å²) in [5.74, 6) is 1.31. The average Bonchev–Trinajstić information content (AvgIpc) is 2.23. The normalized spacial score (nSPS) is 26.4. The fourth-order valence-electron chi connectivity index (χ4n) is 2.62. The van der Waals surface area contributed by atoms with Crippen LogP contribution < -0.4 is 5.32 Å². The third-order valence-corrected chi connectivity index (χ3v) is 4.80. The molecule has 0 heterocycles. The maximum Gasteiger partial charge on any atom is 0.0440 e. The summed E-state index contributed by atoms with van der Waals surface area (Å²) in [6, 6.07) is 8.97. The molecule has 1 N–H and O–H groups in total. The fourth-order valence-corrected chi connectivity index (χ4v) is 3.71. The number of benzene rings is 1. The fraction of sp³-hybridized carbons (Fsp3) is 0.571. The molecular formula is C14H20ClNOS. The molecule has 1 aromatic carbocycles. The molecule has 1 aliphatic rings. The smallest absolute Gasteiger partial charge is 0.0440 e. The number of hydrogen-bond acceptors (Lipinski definition) is 2. The second-order valence-electron chi connectivity index (χ2n) is 5.19. The van der Waals surface area contributed by atoms with Gasteiger partial charge in [-0.2, -0.15) is 0 Å². The molecule has 18 heavy (non-hydrogen) atoms. The van der Waals surface area contributed by atoms with Gasteiger partial charge in [-0.1, -0.05) is 29.8 Å². The highest BCUT2D eigenvalue weighted by Crippen LogP contribution is 2.39. The van der Waals surface area contributed by atoms with Crippen LogP contribution in [0.25, 0.3) is 0 Å². The van der Waals surface area contributed by atoms with Crippen molar-refractivity contribution < 1.29 is 4.21 Å². The minimum atomic E-state index is -0.722. The second-order valence-corrected chi connectivity index (χ2v) is 7.08. The summed E-state index contributed by atoms with van der Waals surface area (Å²) in [5, 5.41) is 4.41. The number of hydrogen-bond donors (Lipinski definition) is 1. The first-order valence-electron chi connectivity index (χ1n) is 6.36. The summed E-state index contributed by atoms with van der Waals surface area (Å²) >= 11 is 6.19. The Kier molecular flexibility index (Phi) is 4.82. The van der Waals surface area contributed by atoms with Gasteiger partial charge in [0.15, 0.2) is 0 Å². The van der Waals surface area contributed by atoms with Crippen LogP contribution in [0.1, 0.15) is 31.2 Å². The highest BCUT2D eigenvalue weighted by Gasteiger charge is 2.31. The van der Waals surface area contributed by atoms with E-state index >= 15 is 0 Å². The van der Waals surface area contributed by atoms with E-state index in [1.165, 1.54) is 5.56 Å². The van der Waals surface area contributed by atoms with Crippen molar-refractivity contribution in [1.29, 1.82) is 0 Å². The molecule has 2 nitrogen and oxygen atoms in total. The van der Waals surface area contributed by atoms with Crippen LogP contribution >= 0.6 is 11.6 Å². The summed E-state index contributed by atoms with van der Waals surface area (Å²) in [4.78, 5) is 0. The van der Waals surface area contributed by atoms with E-state index in [4.69, 9.17) is 11.6 Å². The van der Waals surface area contributed by atoms with Gasteiger partial charge >= 0.3 is 0 Å². The predicted molar refractivity (Wildman–Crippen MR) is 78.7 cm³/mol. The first-order valence-corrected chi connectivity index (χ1v) is 8.47. The molecule has 0 radical (unpaired) electrons. The van der Waals surface area contributed by atoms with E-state index in [1.807, 2.05) is 18.2 Å². The van der Waals surface area contributed by atoms with E-state index in [0.717, 1.165) is 23.6 Å². The molecule has 2 atom stereocenters. The van der Waals surface area contributed by atoms with Crippen molar-refractivity contribution in [2.24, 2.45) is 0 Å². The van der Waals surface area contributed by atoms with Crippen molar-refractivity contribution in [3.63, 3.8) is 0 Å². The van der Waals surface area contributed by atoms with Gasteiger partial charge in [-0.25, -0.2) is 0 Å². The van der Waals surface area contributed by atoms with Crippen LogP contribution in [-0.4, -0.2) is 28.3 Å². The number of rotatable bonds is 5. The molecule has 0 aliphatic heterocycles. The Bertz CT molecular complexity index is 432. The molecule has 2 rings (SSSR count). The third-order valence-electron chi connectivity index (χ3n) is 3.49. The molecular weight excluding hydrogens is 266 g/mol. The molecule has 1 aromatic rings. The lowest BCUT2D eigenvalue weighted by molar-refractivity contribution is 0.276. The lowest BCUT2D eigenvalue weighted by atomic mass is 9.75. The zero-order valence-corrected chi connectivity index (χ0v) is 12.4. The van der Waals surface area contributed by atoms with Crippen LogP contribution in [-0.2, 0) is 10.8 Å². The third kappa shape index (κ3) is 3.56. The Balaban J connectivity index is 1.81. The van der Waals surface area contributed by atoms with E-state index in [0.29, 0.717) is 18.0 Å². The van der Waals surface area contributed by atoms with Gasteiger partial charge in [0, 0.05) is 39.9 Å². The van der Waals surface area contributed by atoms with Gasteiger partial charge in [0.25, 0.3) is 0 Å². The lowest BCUT2D eigenvalue weighted by Crippen LogP contribution is -2.46. The Morgan fingerprint density at radius 1 is 1.44 bits per heavy atom. The predicted octanol–water partition coefficient (Wildman–Crippen LogP) is 2.94. The minimum absolute atomic E-state index is 0.327.